The predicted octanol–water partition coefficient (Wildman–Crippen LogP) is 10.6. The van der Waals surface area contributed by atoms with Crippen LogP contribution in [-0.2, 0) is 0 Å². The SMILES string of the molecule is c1ccc(-c2ccc(N(c3ccccc3)c3cccc4c3oc3ccccc34)c3oc4ccccc4c23)cc1. The van der Waals surface area contributed by atoms with Crippen molar-refractivity contribution in [2.45, 2.75) is 0 Å². The van der Waals surface area contributed by atoms with E-state index in [4.69, 9.17) is 8.83 Å². The first-order valence-corrected chi connectivity index (χ1v) is 13.1. The van der Waals surface area contributed by atoms with Gasteiger partial charge in [-0.05, 0) is 47.5 Å². The molecule has 2 aromatic heterocycles. The third kappa shape index (κ3) is 3.37. The van der Waals surface area contributed by atoms with Gasteiger partial charge in [0.15, 0.2) is 11.2 Å². The number of nitrogens with zero attached hydrogens (tertiary/aromatic N) is 1. The number of anilines is 3. The highest BCUT2D eigenvalue weighted by molar-refractivity contribution is 6.18. The van der Waals surface area contributed by atoms with Crippen LogP contribution in [-0.4, -0.2) is 0 Å². The van der Waals surface area contributed by atoms with Gasteiger partial charge in [0.2, 0.25) is 0 Å². The summed E-state index contributed by atoms with van der Waals surface area (Å²) in [6, 6.07) is 48.2. The molecule has 0 unspecified atom stereocenters. The maximum Gasteiger partial charge on any atom is 0.160 e. The van der Waals surface area contributed by atoms with Crippen LogP contribution in [0.25, 0.3) is 55.0 Å². The topological polar surface area (TPSA) is 29.5 Å². The zero-order valence-electron chi connectivity index (χ0n) is 21.0. The molecule has 0 aliphatic heterocycles. The monoisotopic (exact) mass is 501 g/mol. The van der Waals surface area contributed by atoms with E-state index in [-0.39, 0.29) is 0 Å². The van der Waals surface area contributed by atoms with Gasteiger partial charge in [0, 0.05) is 27.2 Å². The third-order valence-electron chi connectivity index (χ3n) is 7.47. The summed E-state index contributed by atoms with van der Waals surface area (Å²) in [5.74, 6) is 0. The largest absolute Gasteiger partial charge is 0.454 e. The smallest absolute Gasteiger partial charge is 0.160 e. The van der Waals surface area contributed by atoms with Crippen LogP contribution in [0.3, 0.4) is 0 Å². The molecule has 8 aromatic rings. The van der Waals surface area contributed by atoms with Crippen molar-refractivity contribution in [3.05, 3.63) is 140 Å². The molecule has 0 saturated heterocycles. The highest BCUT2D eigenvalue weighted by Crippen LogP contribution is 2.47. The van der Waals surface area contributed by atoms with E-state index in [1.165, 1.54) is 0 Å². The van der Waals surface area contributed by atoms with Gasteiger partial charge in [0.25, 0.3) is 0 Å². The third-order valence-corrected chi connectivity index (χ3v) is 7.47. The Morgan fingerprint density at radius 3 is 1.79 bits per heavy atom. The fraction of sp³-hybridized carbons (Fsp3) is 0. The van der Waals surface area contributed by atoms with Gasteiger partial charge >= 0.3 is 0 Å². The average Bonchev–Trinajstić information content (AvgIpc) is 3.58. The first-order valence-electron chi connectivity index (χ1n) is 13.1. The molecule has 0 fully saturated rings. The number of fused-ring (bicyclic) bond motifs is 6. The molecule has 39 heavy (non-hydrogen) atoms. The van der Waals surface area contributed by atoms with Crippen LogP contribution in [0.4, 0.5) is 17.1 Å². The lowest BCUT2D eigenvalue weighted by Crippen LogP contribution is -2.10. The molecule has 6 aromatic carbocycles. The Morgan fingerprint density at radius 2 is 1.00 bits per heavy atom. The molecular weight excluding hydrogens is 478 g/mol. The lowest BCUT2D eigenvalue weighted by atomic mass is 9.98. The van der Waals surface area contributed by atoms with Crippen molar-refractivity contribution in [3.8, 4) is 11.1 Å². The van der Waals surface area contributed by atoms with Crippen molar-refractivity contribution in [1.29, 1.82) is 0 Å². The molecule has 0 radical (unpaired) electrons. The number of hydrogen-bond acceptors (Lipinski definition) is 3. The molecule has 0 spiro atoms. The number of hydrogen-bond donors (Lipinski definition) is 0. The zero-order chi connectivity index (χ0) is 25.8. The van der Waals surface area contributed by atoms with E-state index in [1.54, 1.807) is 0 Å². The molecule has 0 atom stereocenters. The summed E-state index contributed by atoms with van der Waals surface area (Å²) >= 11 is 0. The first-order chi connectivity index (χ1) is 19.4. The summed E-state index contributed by atoms with van der Waals surface area (Å²) in [5.41, 5.74) is 8.69. The quantitative estimate of drug-likeness (QED) is 0.240. The van der Waals surface area contributed by atoms with Gasteiger partial charge < -0.3 is 13.7 Å². The Labute approximate surface area is 225 Å². The fourth-order valence-electron chi connectivity index (χ4n) is 5.74. The molecule has 2 heterocycles. The number of benzene rings is 6. The van der Waals surface area contributed by atoms with Gasteiger partial charge in [-0.2, -0.15) is 0 Å². The molecule has 0 saturated carbocycles. The molecular formula is C36H23NO2. The van der Waals surface area contributed by atoms with Crippen molar-refractivity contribution < 1.29 is 8.83 Å². The molecule has 184 valence electrons. The van der Waals surface area contributed by atoms with Crippen LogP contribution in [0.5, 0.6) is 0 Å². The summed E-state index contributed by atoms with van der Waals surface area (Å²) in [6.45, 7) is 0. The molecule has 3 heteroatoms. The Bertz CT molecular complexity index is 2120. The lowest BCUT2D eigenvalue weighted by Gasteiger charge is -2.26. The molecule has 8 rings (SSSR count). The summed E-state index contributed by atoms with van der Waals surface area (Å²) in [7, 11) is 0. The minimum Gasteiger partial charge on any atom is -0.454 e. The second kappa shape index (κ2) is 8.64. The van der Waals surface area contributed by atoms with E-state index < -0.39 is 0 Å². The maximum absolute atomic E-state index is 6.67. The Balaban J connectivity index is 1.48. The van der Waals surface area contributed by atoms with Crippen molar-refractivity contribution >= 4 is 60.9 Å². The number of rotatable bonds is 4. The van der Waals surface area contributed by atoms with Gasteiger partial charge in [-0.3, -0.25) is 0 Å². The molecule has 0 aliphatic rings. The van der Waals surface area contributed by atoms with Gasteiger partial charge in [0.05, 0.1) is 11.4 Å². The molecule has 0 aliphatic carbocycles. The highest BCUT2D eigenvalue weighted by Gasteiger charge is 2.24. The Kier molecular flexibility index (Phi) is 4.82. The van der Waals surface area contributed by atoms with Crippen LogP contribution in [0, 0.1) is 0 Å². The molecule has 0 bridgehead atoms. The fourth-order valence-corrected chi connectivity index (χ4v) is 5.74. The van der Waals surface area contributed by atoms with Crippen LogP contribution >= 0.6 is 0 Å². The second-order valence-corrected chi connectivity index (χ2v) is 9.72. The molecule has 3 nitrogen and oxygen atoms in total. The van der Waals surface area contributed by atoms with E-state index in [2.05, 4.69) is 108 Å². The summed E-state index contributed by atoms with van der Waals surface area (Å²) in [5, 5.41) is 4.40. The van der Waals surface area contributed by atoms with Crippen LogP contribution < -0.4 is 4.90 Å². The first kappa shape index (κ1) is 21.8. The normalized spacial score (nSPS) is 11.6. The van der Waals surface area contributed by atoms with Gasteiger partial charge in [-0.15, -0.1) is 0 Å². The van der Waals surface area contributed by atoms with Crippen molar-refractivity contribution in [3.63, 3.8) is 0 Å². The van der Waals surface area contributed by atoms with Crippen molar-refractivity contribution in [1.82, 2.24) is 0 Å². The minimum absolute atomic E-state index is 0.842. The summed E-state index contributed by atoms with van der Waals surface area (Å²) in [6.07, 6.45) is 0. The van der Waals surface area contributed by atoms with Gasteiger partial charge in [-0.1, -0.05) is 103 Å². The van der Waals surface area contributed by atoms with E-state index >= 15 is 0 Å². The maximum atomic E-state index is 6.67. The summed E-state index contributed by atoms with van der Waals surface area (Å²) in [4.78, 5) is 2.25. The summed E-state index contributed by atoms with van der Waals surface area (Å²) < 4.78 is 13.2. The van der Waals surface area contributed by atoms with Crippen LogP contribution in [0.2, 0.25) is 0 Å². The van der Waals surface area contributed by atoms with Crippen molar-refractivity contribution in [2.24, 2.45) is 0 Å². The Hall–Kier alpha value is -5.28. The van der Waals surface area contributed by atoms with E-state index in [0.717, 1.165) is 72.1 Å². The van der Waals surface area contributed by atoms with Crippen molar-refractivity contribution in [2.75, 3.05) is 4.90 Å². The number of furan rings is 2. The Morgan fingerprint density at radius 1 is 0.410 bits per heavy atom. The van der Waals surface area contributed by atoms with Crippen LogP contribution in [0.15, 0.2) is 148 Å². The highest BCUT2D eigenvalue weighted by atomic mass is 16.3. The van der Waals surface area contributed by atoms with E-state index in [9.17, 15) is 0 Å². The molecule has 0 N–H and O–H groups in total. The molecule has 0 amide bonds. The minimum atomic E-state index is 0.842. The number of para-hydroxylation sites is 4. The standard InChI is InChI=1S/C36H23NO2/c1-3-12-24(13-4-1)26-22-23-31(36-34(26)29-17-8-10-21-33(29)39-36)37(25-14-5-2-6-15-25)30-19-11-18-28-27-16-7-9-20-32(27)38-35(28)30/h1-23H. The van der Waals surface area contributed by atoms with E-state index in [1.807, 2.05) is 36.4 Å². The lowest BCUT2D eigenvalue weighted by molar-refractivity contribution is 0.666. The van der Waals surface area contributed by atoms with Crippen LogP contribution in [0.1, 0.15) is 0 Å². The van der Waals surface area contributed by atoms with Gasteiger partial charge in [0.1, 0.15) is 11.2 Å². The van der Waals surface area contributed by atoms with E-state index in [0.29, 0.717) is 0 Å². The zero-order valence-corrected chi connectivity index (χ0v) is 21.0. The predicted molar refractivity (Wildman–Crippen MR) is 161 cm³/mol. The second-order valence-electron chi connectivity index (χ2n) is 9.72. The van der Waals surface area contributed by atoms with Gasteiger partial charge in [-0.25, -0.2) is 0 Å². The average molecular weight is 502 g/mol.